The Labute approximate surface area is 137 Å². The summed E-state index contributed by atoms with van der Waals surface area (Å²) in [5.41, 5.74) is 3.92. The van der Waals surface area contributed by atoms with Crippen molar-refractivity contribution in [1.82, 2.24) is 0 Å². The number of nitrogens with zero attached hydrogens (tertiary/aromatic N) is 1. The molecule has 1 amide bonds. The molecule has 0 unspecified atom stereocenters. The molecule has 0 saturated carbocycles. The second-order valence-corrected chi connectivity index (χ2v) is 6.82. The Morgan fingerprint density at radius 1 is 1.32 bits per heavy atom. The number of hydrogen-bond acceptors (Lipinski definition) is 5. The monoisotopic (exact) mass is 332 g/mol. The van der Waals surface area contributed by atoms with Gasteiger partial charge in [-0.3, -0.25) is 15.1 Å². The lowest BCUT2D eigenvalue weighted by molar-refractivity contribution is -0.115. The molecular weight excluding hydrogens is 316 g/mol. The van der Waals surface area contributed by atoms with Crippen molar-refractivity contribution >= 4 is 39.9 Å². The zero-order chi connectivity index (χ0) is 15.5. The first-order valence-corrected chi connectivity index (χ1v) is 8.80. The van der Waals surface area contributed by atoms with E-state index < -0.39 is 0 Å². The topological polar surface area (TPSA) is 53.4 Å². The molecule has 2 heterocycles. The van der Waals surface area contributed by atoms with Gasteiger partial charge < -0.3 is 4.74 Å². The molecule has 1 fully saturated rings. The van der Waals surface area contributed by atoms with E-state index in [-0.39, 0.29) is 11.1 Å². The van der Waals surface area contributed by atoms with Gasteiger partial charge in [0.25, 0.3) is 0 Å². The van der Waals surface area contributed by atoms with Gasteiger partial charge in [-0.25, -0.2) is 0 Å². The predicted molar refractivity (Wildman–Crippen MR) is 91.7 cm³/mol. The zero-order valence-corrected chi connectivity index (χ0v) is 13.8. The average Bonchev–Trinajstić information content (AvgIpc) is 3.11. The van der Waals surface area contributed by atoms with E-state index in [2.05, 4.69) is 5.38 Å². The van der Waals surface area contributed by atoms with E-state index in [4.69, 9.17) is 10.1 Å². The number of carbonyl (C=O) groups excluding carboxylic acids is 1. The highest BCUT2D eigenvalue weighted by molar-refractivity contribution is 8.15. The molecule has 0 spiro atoms. The number of amidine groups is 1. The minimum absolute atomic E-state index is 0.0420. The van der Waals surface area contributed by atoms with Crippen LogP contribution >= 0.6 is 23.1 Å². The number of carbonyl (C=O) groups is 1. The number of ether oxygens (including phenoxy) is 1. The maximum Gasteiger partial charge on any atom is 0.243 e. The SMILES string of the molecule is Cc1ccc(COCc2ccsc2)c(N2C(=N)SCC2=O)c1. The molecule has 22 heavy (non-hydrogen) atoms. The van der Waals surface area contributed by atoms with E-state index in [9.17, 15) is 4.79 Å². The van der Waals surface area contributed by atoms with Crippen LogP contribution in [-0.4, -0.2) is 16.8 Å². The fourth-order valence-electron chi connectivity index (χ4n) is 2.27. The van der Waals surface area contributed by atoms with Gasteiger partial charge in [0.05, 0.1) is 24.7 Å². The maximum atomic E-state index is 12.0. The average molecular weight is 332 g/mol. The summed E-state index contributed by atoms with van der Waals surface area (Å²) >= 11 is 2.91. The van der Waals surface area contributed by atoms with E-state index in [1.165, 1.54) is 16.7 Å². The Balaban J connectivity index is 1.78. The minimum atomic E-state index is -0.0420. The van der Waals surface area contributed by atoms with E-state index >= 15 is 0 Å². The number of thioether (sulfide) groups is 1. The molecule has 1 aliphatic rings. The van der Waals surface area contributed by atoms with Crippen LogP contribution < -0.4 is 4.90 Å². The Morgan fingerprint density at radius 3 is 2.86 bits per heavy atom. The molecule has 0 atom stereocenters. The lowest BCUT2D eigenvalue weighted by Crippen LogP contribution is -2.29. The van der Waals surface area contributed by atoms with Gasteiger partial charge in [0.1, 0.15) is 0 Å². The third kappa shape index (κ3) is 3.24. The quantitative estimate of drug-likeness (QED) is 0.906. The molecule has 0 radical (unpaired) electrons. The number of rotatable bonds is 5. The van der Waals surface area contributed by atoms with Gasteiger partial charge in [0, 0.05) is 5.56 Å². The van der Waals surface area contributed by atoms with Gasteiger partial charge >= 0.3 is 0 Å². The zero-order valence-electron chi connectivity index (χ0n) is 12.2. The maximum absolute atomic E-state index is 12.0. The highest BCUT2D eigenvalue weighted by Gasteiger charge is 2.29. The minimum Gasteiger partial charge on any atom is -0.372 e. The smallest absolute Gasteiger partial charge is 0.243 e. The second-order valence-electron chi connectivity index (χ2n) is 5.08. The lowest BCUT2D eigenvalue weighted by Gasteiger charge is -2.19. The van der Waals surface area contributed by atoms with Crippen molar-refractivity contribution in [2.45, 2.75) is 20.1 Å². The number of benzene rings is 1. The summed E-state index contributed by atoms with van der Waals surface area (Å²) in [6.45, 7) is 2.96. The van der Waals surface area contributed by atoms with Crippen LogP contribution in [0.1, 0.15) is 16.7 Å². The van der Waals surface area contributed by atoms with Crippen molar-refractivity contribution in [2.24, 2.45) is 0 Å². The number of aryl methyl sites for hydroxylation is 1. The van der Waals surface area contributed by atoms with Crippen LogP contribution in [-0.2, 0) is 22.7 Å². The molecule has 3 rings (SSSR count). The van der Waals surface area contributed by atoms with Gasteiger partial charge in [-0.05, 0) is 40.9 Å². The first-order chi connectivity index (χ1) is 10.6. The Morgan fingerprint density at radius 2 is 2.18 bits per heavy atom. The number of thiophene rings is 1. The van der Waals surface area contributed by atoms with Gasteiger partial charge in [-0.2, -0.15) is 11.3 Å². The first kappa shape index (κ1) is 15.3. The molecule has 6 heteroatoms. The van der Waals surface area contributed by atoms with E-state index in [0.717, 1.165) is 22.4 Å². The summed E-state index contributed by atoms with van der Waals surface area (Å²) < 4.78 is 5.77. The second kappa shape index (κ2) is 6.64. The van der Waals surface area contributed by atoms with E-state index in [1.807, 2.05) is 36.6 Å². The summed E-state index contributed by atoms with van der Waals surface area (Å²) in [4.78, 5) is 13.5. The Bertz CT molecular complexity index is 682. The van der Waals surface area contributed by atoms with Crippen molar-refractivity contribution in [3.05, 3.63) is 51.7 Å². The molecule has 1 aromatic heterocycles. The van der Waals surface area contributed by atoms with E-state index in [1.54, 1.807) is 11.3 Å². The largest absolute Gasteiger partial charge is 0.372 e. The summed E-state index contributed by atoms with van der Waals surface area (Å²) in [6.07, 6.45) is 0. The first-order valence-electron chi connectivity index (χ1n) is 6.88. The predicted octanol–water partition coefficient (Wildman–Crippen LogP) is 3.79. The summed E-state index contributed by atoms with van der Waals surface area (Å²) in [6, 6.07) is 7.96. The molecule has 0 aliphatic carbocycles. The van der Waals surface area contributed by atoms with Crippen molar-refractivity contribution < 1.29 is 9.53 Å². The number of amides is 1. The highest BCUT2D eigenvalue weighted by atomic mass is 32.2. The van der Waals surface area contributed by atoms with Gasteiger partial charge in [-0.1, -0.05) is 23.9 Å². The van der Waals surface area contributed by atoms with E-state index in [0.29, 0.717) is 19.0 Å². The van der Waals surface area contributed by atoms with Crippen LogP contribution in [0.3, 0.4) is 0 Å². The molecule has 2 aromatic rings. The van der Waals surface area contributed by atoms with Crippen molar-refractivity contribution in [3.63, 3.8) is 0 Å². The molecule has 0 bridgehead atoms. The van der Waals surface area contributed by atoms with Gasteiger partial charge in [-0.15, -0.1) is 0 Å². The molecule has 1 N–H and O–H groups in total. The van der Waals surface area contributed by atoms with Crippen LogP contribution in [0.15, 0.2) is 35.0 Å². The van der Waals surface area contributed by atoms with Crippen LogP contribution in [0, 0.1) is 12.3 Å². The van der Waals surface area contributed by atoms with Crippen LogP contribution in [0.4, 0.5) is 5.69 Å². The number of nitrogens with one attached hydrogen (secondary N) is 1. The molecule has 1 aromatic carbocycles. The molecule has 114 valence electrons. The highest BCUT2D eigenvalue weighted by Crippen LogP contribution is 2.30. The third-order valence-corrected chi connectivity index (χ3v) is 4.95. The molecular formula is C16H16N2O2S2. The fourth-order valence-corrected chi connectivity index (χ4v) is 3.65. The fraction of sp³-hybridized carbons (Fsp3) is 0.250. The van der Waals surface area contributed by atoms with Crippen molar-refractivity contribution in [2.75, 3.05) is 10.7 Å². The summed E-state index contributed by atoms with van der Waals surface area (Å²) in [7, 11) is 0. The van der Waals surface area contributed by atoms with Gasteiger partial charge in [0.15, 0.2) is 5.17 Å². The van der Waals surface area contributed by atoms with Crippen molar-refractivity contribution in [3.8, 4) is 0 Å². The normalized spacial score (nSPS) is 14.9. The summed E-state index contributed by atoms with van der Waals surface area (Å²) in [5.74, 6) is 0.293. The van der Waals surface area contributed by atoms with Crippen LogP contribution in [0.5, 0.6) is 0 Å². The number of hydrogen-bond donors (Lipinski definition) is 1. The van der Waals surface area contributed by atoms with Gasteiger partial charge in [0.2, 0.25) is 5.91 Å². The lowest BCUT2D eigenvalue weighted by atomic mass is 10.1. The van der Waals surface area contributed by atoms with Crippen LogP contribution in [0.25, 0.3) is 0 Å². The molecule has 4 nitrogen and oxygen atoms in total. The summed E-state index contributed by atoms with van der Waals surface area (Å²) in [5, 5.41) is 12.3. The number of anilines is 1. The van der Waals surface area contributed by atoms with Crippen molar-refractivity contribution in [1.29, 1.82) is 5.41 Å². The molecule has 1 saturated heterocycles. The van der Waals surface area contributed by atoms with Crippen LogP contribution in [0.2, 0.25) is 0 Å². The molecule has 1 aliphatic heterocycles. The Hall–Kier alpha value is -1.63. The Kier molecular flexibility index (Phi) is 4.61. The standard InChI is InChI=1S/C16H16N2O2S2/c1-11-2-3-13(8-20-7-12-4-5-21-9-12)14(6-11)18-15(19)10-22-16(18)17/h2-6,9,17H,7-8,10H2,1H3. The third-order valence-electron chi connectivity index (χ3n) is 3.37.